The molecule has 2 aromatic carbocycles. The number of nitrogens with zero attached hydrogens (tertiary/aromatic N) is 1. The van der Waals surface area contributed by atoms with Gasteiger partial charge in [-0.15, -0.1) is 0 Å². The summed E-state index contributed by atoms with van der Waals surface area (Å²) in [4.78, 5) is 11.8. The van der Waals surface area contributed by atoms with E-state index in [9.17, 15) is 9.18 Å². The van der Waals surface area contributed by atoms with Crippen LogP contribution in [0.3, 0.4) is 0 Å². The van der Waals surface area contributed by atoms with Crippen LogP contribution in [0.5, 0.6) is 0 Å². The fourth-order valence-corrected chi connectivity index (χ4v) is 2.83. The van der Waals surface area contributed by atoms with E-state index in [1.807, 2.05) is 18.2 Å². The van der Waals surface area contributed by atoms with Gasteiger partial charge in [-0.05, 0) is 59.9 Å². The number of ether oxygens (including phenoxy) is 1. The number of rotatable bonds is 2. The van der Waals surface area contributed by atoms with E-state index in [2.05, 4.69) is 0 Å². The lowest BCUT2D eigenvalue weighted by Gasteiger charge is -2.19. The van der Waals surface area contributed by atoms with E-state index >= 15 is 0 Å². The lowest BCUT2D eigenvalue weighted by Crippen LogP contribution is -2.07. The van der Waals surface area contributed by atoms with Gasteiger partial charge in [0.1, 0.15) is 5.82 Å². The summed E-state index contributed by atoms with van der Waals surface area (Å²) in [6, 6.07) is 11.6. The Morgan fingerprint density at radius 2 is 2.04 bits per heavy atom. The second-order valence-electron chi connectivity index (χ2n) is 5.33. The van der Waals surface area contributed by atoms with Crippen molar-refractivity contribution in [2.24, 2.45) is 0 Å². The predicted octanol–water partition coefficient (Wildman–Crippen LogP) is 3.86. The molecule has 2 aromatic rings. The number of hydrogen-bond acceptors (Lipinski definition) is 3. The number of benzene rings is 2. The number of hydrogen-bond donors (Lipinski definition) is 0. The number of allylic oxidation sites excluding steroid dienone is 1. The summed E-state index contributed by atoms with van der Waals surface area (Å²) in [5, 5.41) is 9.04. The Balaban J connectivity index is 2.15. The highest BCUT2D eigenvalue weighted by Gasteiger charge is 2.19. The van der Waals surface area contributed by atoms with Crippen molar-refractivity contribution in [2.45, 2.75) is 12.8 Å². The van der Waals surface area contributed by atoms with Gasteiger partial charge in [0.05, 0.1) is 24.3 Å². The van der Waals surface area contributed by atoms with E-state index in [1.165, 1.54) is 19.2 Å². The number of carbonyl (C=O) groups is 1. The molecule has 23 heavy (non-hydrogen) atoms. The molecule has 0 aliphatic heterocycles. The van der Waals surface area contributed by atoms with Crippen LogP contribution in [0.2, 0.25) is 0 Å². The standard InChI is InChI=1S/C19H14FNO2/c1-23-19(22)14-7-6-13-3-2-4-15(16(13)10-14)17-9-12(11-21)5-8-18(17)20/h4-10H,2-3H2,1H3. The molecule has 0 N–H and O–H groups in total. The third-order valence-electron chi connectivity index (χ3n) is 3.97. The van der Waals surface area contributed by atoms with E-state index in [1.54, 1.807) is 18.2 Å². The first-order valence-corrected chi connectivity index (χ1v) is 7.26. The van der Waals surface area contributed by atoms with Crippen molar-refractivity contribution in [1.29, 1.82) is 5.26 Å². The van der Waals surface area contributed by atoms with Gasteiger partial charge in [-0.2, -0.15) is 5.26 Å². The van der Waals surface area contributed by atoms with Crippen LogP contribution in [0.25, 0.3) is 5.57 Å². The van der Waals surface area contributed by atoms with Gasteiger partial charge in [0, 0.05) is 5.56 Å². The van der Waals surface area contributed by atoms with Crippen molar-refractivity contribution < 1.29 is 13.9 Å². The van der Waals surface area contributed by atoms with Gasteiger partial charge in [-0.1, -0.05) is 12.1 Å². The second kappa shape index (κ2) is 6.05. The monoisotopic (exact) mass is 307 g/mol. The third-order valence-corrected chi connectivity index (χ3v) is 3.97. The molecule has 114 valence electrons. The maximum Gasteiger partial charge on any atom is 0.337 e. The molecule has 0 fully saturated rings. The summed E-state index contributed by atoms with van der Waals surface area (Å²) < 4.78 is 19.0. The normalized spacial score (nSPS) is 12.8. The molecule has 0 saturated heterocycles. The molecule has 0 radical (unpaired) electrons. The van der Waals surface area contributed by atoms with Gasteiger partial charge in [0.15, 0.2) is 0 Å². The Morgan fingerprint density at radius 1 is 1.22 bits per heavy atom. The highest BCUT2D eigenvalue weighted by atomic mass is 19.1. The first-order valence-electron chi connectivity index (χ1n) is 7.26. The molecule has 4 heteroatoms. The largest absolute Gasteiger partial charge is 0.465 e. The highest BCUT2D eigenvalue weighted by Crippen LogP contribution is 2.34. The van der Waals surface area contributed by atoms with Crippen molar-refractivity contribution in [1.82, 2.24) is 0 Å². The van der Waals surface area contributed by atoms with Crippen LogP contribution in [0.1, 0.15) is 39.0 Å². The Kier molecular flexibility index (Phi) is 3.94. The third kappa shape index (κ3) is 2.74. The van der Waals surface area contributed by atoms with Crippen LogP contribution < -0.4 is 0 Å². The number of nitriles is 1. The second-order valence-corrected chi connectivity index (χ2v) is 5.33. The molecule has 0 bridgehead atoms. The van der Waals surface area contributed by atoms with Crippen LogP contribution in [-0.2, 0) is 11.2 Å². The number of fused-ring (bicyclic) bond motifs is 1. The van der Waals surface area contributed by atoms with Crippen molar-refractivity contribution >= 4 is 11.5 Å². The molecule has 0 heterocycles. The van der Waals surface area contributed by atoms with Gasteiger partial charge in [-0.3, -0.25) is 0 Å². The van der Waals surface area contributed by atoms with Crippen LogP contribution in [-0.4, -0.2) is 13.1 Å². The zero-order chi connectivity index (χ0) is 16.4. The summed E-state index contributed by atoms with van der Waals surface area (Å²) in [7, 11) is 1.33. The van der Waals surface area contributed by atoms with E-state index in [0.717, 1.165) is 24.0 Å². The quantitative estimate of drug-likeness (QED) is 0.792. The number of carbonyl (C=O) groups excluding carboxylic acids is 1. The first-order chi connectivity index (χ1) is 11.1. The minimum absolute atomic E-state index is 0.381. The Labute approximate surface area is 133 Å². The molecule has 3 nitrogen and oxygen atoms in total. The van der Waals surface area contributed by atoms with E-state index < -0.39 is 5.97 Å². The molecule has 0 aromatic heterocycles. The predicted molar refractivity (Wildman–Crippen MR) is 84.3 cm³/mol. The Hall–Kier alpha value is -2.93. The van der Waals surface area contributed by atoms with Crippen molar-refractivity contribution in [3.05, 3.63) is 76.1 Å². The molecule has 0 spiro atoms. The molecule has 3 rings (SSSR count). The molecule has 1 aliphatic carbocycles. The topological polar surface area (TPSA) is 50.1 Å². The van der Waals surface area contributed by atoms with Crippen LogP contribution in [0.4, 0.5) is 4.39 Å². The fraction of sp³-hybridized carbons (Fsp3) is 0.158. The minimum atomic E-state index is -0.427. The van der Waals surface area contributed by atoms with Gasteiger partial charge < -0.3 is 4.74 Å². The molecule has 0 unspecified atom stereocenters. The lowest BCUT2D eigenvalue weighted by molar-refractivity contribution is 0.0600. The molecule has 1 aliphatic rings. The van der Waals surface area contributed by atoms with Crippen molar-refractivity contribution in [3.8, 4) is 6.07 Å². The Bertz CT molecular complexity index is 862. The highest BCUT2D eigenvalue weighted by molar-refractivity contribution is 5.92. The van der Waals surface area contributed by atoms with Crippen LogP contribution in [0.15, 0.2) is 42.5 Å². The summed E-state index contributed by atoms with van der Waals surface area (Å²) in [6.45, 7) is 0. The number of halogens is 1. The number of aryl methyl sites for hydroxylation is 1. The molecule has 0 amide bonds. The van der Waals surface area contributed by atoms with Crippen LogP contribution >= 0.6 is 0 Å². The van der Waals surface area contributed by atoms with E-state index in [4.69, 9.17) is 10.00 Å². The molecular weight excluding hydrogens is 293 g/mol. The van der Waals surface area contributed by atoms with E-state index in [0.29, 0.717) is 22.3 Å². The smallest absolute Gasteiger partial charge is 0.337 e. The average molecular weight is 307 g/mol. The molecule has 0 saturated carbocycles. The van der Waals surface area contributed by atoms with Crippen molar-refractivity contribution in [3.63, 3.8) is 0 Å². The summed E-state index contributed by atoms with van der Waals surface area (Å²) in [6.07, 6.45) is 3.57. The van der Waals surface area contributed by atoms with Gasteiger partial charge in [0.2, 0.25) is 0 Å². The van der Waals surface area contributed by atoms with Gasteiger partial charge in [-0.25, -0.2) is 9.18 Å². The van der Waals surface area contributed by atoms with Gasteiger partial charge >= 0.3 is 5.97 Å². The minimum Gasteiger partial charge on any atom is -0.465 e. The fourth-order valence-electron chi connectivity index (χ4n) is 2.83. The summed E-state index contributed by atoms with van der Waals surface area (Å²) >= 11 is 0. The zero-order valence-electron chi connectivity index (χ0n) is 12.6. The number of methoxy groups -OCH3 is 1. The Morgan fingerprint density at radius 3 is 2.78 bits per heavy atom. The number of esters is 1. The average Bonchev–Trinajstić information content (AvgIpc) is 2.60. The summed E-state index contributed by atoms with van der Waals surface area (Å²) in [5.74, 6) is -0.810. The lowest BCUT2D eigenvalue weighted by atomic mass is 9.85. The SMILES string of the molecule is COC(=O)c1ccc2c(c1)C(c1cc(C#N)ccc1F)=CCC2. The molecule has 0 atom stereocenters. The van der Waals surface area contributed by atoms with Crippen molar-refractivity contribution in [2.75, 3.05) is 7.11 Å². The maximum atomic E-state index is 14.3. The van der Waals surface area contributed by atoms with Crippen LogP contribution in [0, 0.1) is 17.1 Å². The van der Waals surface area contributed by atoms with E-state index in [-0.39, 0.29) is 5.82 Å². The maximum absolute atomic E-state index is 14.3. The zero-order valence-corrected chi connectivity index (χ0v) is 12.6. The summed E-state index contributed by atoms with van der Waals surface area (Å²) in [5.41, 5.74) is 3.79. The molecular formula is C19H14FNO2. The first kappa shape index (κ1) is 15.0. The van der Waals surface area contributed by atoms with Gasteiger partial charge in [0.25, 0.3) is 0 Å².